The Morgan fingerprint density at radius 2 is 1.84 bits per heavy atom. The molecule has 6 heteroatoms. The van der Waals surface area contributed by atoms with Crippen molar-refractivity contribution >= 4 is 16.9 Å². The maximum atomic E-state index is 12.8. The summed E-state index contributed by atoms with van der Waals surface area (Å²) in [4.78, 5) is 17.5. The van der Waals surface area contributed by atoms with Crippen molar-refractivity contribution in [2.75, 3.05) is 0 Å². The van der Waals surface area contributed by atoms with Crippen molar-refractivity contribution in [2.24, 2.45) is 7.05 Å². The second kappa shape index (κ2) is 6.35. The molecule has 3 aromatic rings. The number of aryl methyl sites for hydroxylation is 2. The Hall–Kier alpha value is -2.63. The zero-order valence-electron chi connectivity index (χ0n) is 15.7. The zero-order valence-corrected chi connectivity index (χ0v) is 15.7. The number of carbonyl (C=O) groups excluding carboxylic acids is 1. The van der Waals surface area contributed by atoms with Crippen LogP contribution in [0.3, 0.4) is 0 Å². The number of imidazole rings is 1. The van der Waals surface area contributed by atoms with Gasteiger partial charge in [0.2, 0.25) is 0 Å². The van der Waals surface area contributed by atoms with E-state index in [2.05, 4.69) is 34.9 Å². The third-order valence-electron chi connectivity index (χ3n) is 4.61. The molecule has 0 unspecified atom stereocenters. The van der Waals surface area contributed by atoms with Crippen molar-refractivity contribution in [1.82, 2.24) is 24.6 Å². The molecule has 0 saturated heterocycles. The summed E-state index contributed by atoms with van der Waals surface area (Å²) in [5.41, 5.74) is 4.27. The van der Waals surface area contributed by atoms with E-state index in [-0.39, 0.29) is 18.0 Å². The van der Waals surface area contributed by atoms with Gasteiger partial charge >= 0.3 is 0 Å². The Kier molecular flexibility index (Phi) is 4.37. The van der Waals surface area contributed by atoms with Crippen LogP contribution in [-0.2, 0) is 7.05 Å². The number of carbonyl (C=O) groups is 1. The molecule has 0 fully saturated rings. The van der Waals surface area contributed by atoms with Gasteiger partial charge in [0.25, 0.3) is 5.91 Å². The minimum absolute atomic E-state index is 0.113. The summed E-state index contributed by atoms with van der Waals surface area (Å²) in [7, 11) is 1.85. The molecule has 0 saturated carbocycles. The van der Waals surface area contributed by atoms with Gasteiger partial charge < -0.3 is 9.88 Å². The van der Waals surface area contributed by atoms with Crippen molar-refractivity contribution in [3.8, 4) is 0 Å². The Morgan fingerprint density at radius 3 is 2.44 bits per heavy atom. The Balaban J connectivity index is 1.96. The van der Waals surface area contributed by atoms with Gasteiger partial charge in [0.15, 0.2) is 0 Å². The number of para-hydroxylation sites is 2. The molecule has 0 spiro atoms. The maximum Gasteiger partial charge on any atom is 0.255 e. The average Bonchev–Trinajstić information content (AvgIpc) is 3.05. The fourth-order valence-electron chi connectivity index (χ4n) is 3.35. The average molecular weight is 339 g/mol. The second-order valence-electron chi connectivity index (χ2n) is 6.79. The zero-order chi connectivity index (χ0) is 18.3. The summed E-state index contributed by atoms with van der Waals surface area (Å²) in [5.74, 6) is 0.752. The monoisotopic (exact) mass is 339 g/mol. The molecule has 6 nitrogen and oxygen atoms in total. The number of aromatic nitrogens is 4. The Morgan fingerprint density at radius 1 is 1.16 bits per heavy atom. The highest BCUT2D eigenvalue weighted by atomic mass is 16.1. The highest BCUT2D eigenvalue weighted by molar-refractivity contribution is 5.96. The topological polar surface area (TPSA) is 64.7 Å². The van der Waals surface area contributed by atoms with Gasteiger partial charge in [0, 0.05) is 18.8 Å². The molecule has 1 N–H and O–H groups in total. The van der Waals surface area contributed by atoms with Crippen LogP contribution in [0, 0.1) is 13.8 Å². The van der Waals surface area contributed by atoms with Crippen LogP contribution in [0.2, 0.25) is 0 Å². The Bertz CT molecular complexity index is 935. The number of fused-ring (bicyclic) bond motifs is 1. The molecular formula is C19H25N5O. The van der Waals surface area contributed by atoms with Gasteiger partial charge in [-0.15, -0.1) is 0 Å². The van der Waals surface area contributed by atoms with Crippen molar-refractivity contribution in [3.05, 3.63) is 47.0 Å². The lowest BCUT2D eigenvalue weighted by Gasteiger charge is -2.19. The standard InChI is InChI=1S/C19H25N5O/c1-11(2)24-16-10-8-7-9-15(16)21-18(24)13(4)20-19(25)17-12(3)22-23(6)14(17)5/h7-11,13H,1-6H3,(H,20,25)/t13-/m0/s1. The molecular weight excluding hydrogens is 314 g/mol. The van der Waals surface area contributed by atoms with Crippen molar-refractivity contribution in [2.45, 2.75) is 46.7 Å². The number of amides is 1. The van der Waals surface area contributed by atoms with E-state index in [1.807, 2.05) is 46.0 Å². The molecule has 0 aliphatic carbocycles. The fraction of sp³-hybridized carbons (Fsp3) is 0.421. The molecule has 1 amide bonds. The molecule has 2 aromatic heterocycles. The normalized spacial score (nSPS) is 12.8. The summed E-state index contributed by atoms with van der Waals surface area (Å²) in [5, 5.41) is 7.42. The SMILES string of the molecule is Cc1nn(C)c(C)c1C(=O)N[C@@H](C)c1nc2ccccc2n1C(C)C. The summed E-state index contributed by atoms with van der Waals surface area (Å²) in [6, 6.07) is 8.11. The number of nitrogens with zero attached hydrogens (tertiary/aromatic N) is 4. The fourth-order valence-corrected chi connectivity index (χ4v) is 3.35. The van der Waals surface area contributed by atoms with Crippen LogP contribution < -0.4 is 5.32 Å². The lowest BCUT2D eigenvalue weighted by Crippen LogP contribution is -2.29. The Labute approximate surface area is 147 Å². The lowest BCUT2D eigenvalue weighted by atomic mass is 10.1. The molecule has 0 aliphatic heterocycles. The van der Waals surface area contributed by atoms with Gasteiger partial charge in [-0.1, -0.05) is 12.1 Å². The van der Waals surface area contributed by atoms with E-state index in [1.165, 1.54) is 0 Å². The van der Waals surface area contributed by atoms with E-state index in [9.17, 15) is 4.79 Å². The van der Waals surface area contributed by atoms with E-state index < -0.39 is 0 Å². The third-order valence-corrected chi connectivity index (χ3v) is 4.61. The summed E-state index contributed by atoms with van der Waals surface area (Å²) >= 11 is 0. The van der Waals surface area contributed by atoms with Crippen LogP contribution in [0.25, 0.3) is 11.0 Å². The first-order valence-electron chi connectivity index (χ1n) is 8.59. The van der Waals surface area contributed by atoms with E-state index in [4.69, 9.17) is 4.98 Å². The van der Waals surface area contributed by atoms with Gasteiger partial charge in [0.05, 0.1) is 28.3 Å². The van der Waals surface area contributed by atoms with Crippen LogP contribution in [0.5, 0.6) is 0 Å². The summed E-state index contributed by atoms with van der Waals surface area (Å²) in [6.45, 7) is 9.99. The summed E-state index contributed by atoms with van der Waals surface area (Å²) in [6.07, 6.45) is 0. The number of hydrogen-bond acceptors (Lipinski definition) is 3. The molecule has 25 heavy (non-hydrogen) atoms. The van der Waals surface area contributed by atoms with Crippen LogP contribution in [0.4, 0.5) is 0 Å². The van der Waals surface area contributed by atoms with E-state index in [1.54, 1.807) is 4.68 Å². The molecule has 0 bridgehead atoms. The molecule has 0 aliphatic rings. The van der Waals surface area contributed by atoms with E-state index in [0.717, 1.165) is 28.2 Å². The van der Waals surface area contributed by atoms with Crippen molar-refractivity contribution in [3.63, 3.8) is 0 Å². The van der Waals surface area contributed by atoms with E-state index in [0.29, 0.717) is 5.56 Å². The number of hydrogen-bond donors (Lipinski definition) is 1. The summed E-state index contributed by atoms with van der Waals surface area (Å²) < 4.78 is 3.92. The van der Waals surface area contributed by atoms with E-state index >= 15 is 0 Å². The predicted octanol–water partition coefficient (Wildman–Crippen LogP) is 3.46. The molecule has 1 atom stereocenters. The number of nitrogens with one attached hydrogen (secondary N) is 1. The number of rotatable bonds is 4. The molecule has 1 aromatic carbocycles. The maximum absolute atomic E-state index is 12.8. The van der Waals surface area contributed by atoms with Gasteiger partial charge in [-0.05, 0) is 46.8 Å². The van der Waals surface area contributed by atoms with Crippen molar-refractivity contribution < 1.29 is 4.79 Å². The molecule has 132 valence electrons. The minimum atomic E-state index is -0.207. The van der Waals surface area contributed by atoms with Gasteiger partial charge in [0.1, 0.15) is 5.82 Å². The highest BCUT2D eigenvalue weighted by Crippen LogP contribution is 2.25. The van der Waals surface area contributed by atoms with Gasteiger partial charge in [-0.2, -0.15) is 5.10 Å². The quantitative estimate of drug-likeness (QED) is 0.792. The predicted molar refractivity (Wildman–Crippen MR) is 98.7 cm³/mol. The largest absolute Gasteiger partial charge is 0.342 e. The molecule has 2 heterocycles. The highest BCUT2D eigenvalue weighted by Gasteiger charge is 2.23. The molecule has 0 radical (unpaired) electrons. The van der Waals surface area contributed by atoms with Crippen LogP contribution in [0.1, 0.15) is 60.4 Å². The first-order valence-corrected chi connectivity index (χ1v) is 8.59. The lowest BCUT2D eigenvalue weighted by molar-refractivity contribution is 0.0936. The first kappa shape index (κ1) is 17.2. The molecule has 3 rings (SSSR count). The van der Waals surface area contributed by atoms with Crippen LogP contribution in [0.15, 0.2) is 24.3 Å². The third kappa shape index (κ3) is 2.92. The second-order valence-corrected chi connectivity index (χ2v) is 6.79. The van der Waals surface area contributed by atoms with Gasteiger partial charge in [-0.3, -0.25) is 9.48 Å². The minimum Gasteiger partial charge on any atom is -0.342 e. The van der Waals surface area contributed by atoms with Gasteiger partial charge in [-0.25, -0.2) is 4.98 Å². The number of benzene rings is 1. The smallest absolute Gasteiger partial charge is 0.255 e. The first-order chi connectivity index (χ1) is 11.8. The van der Waals surface area contributed by atoms with Crippen LogP contribution >= 0.6 is 0 Å². The van der Waals surface area contributed by atoms with Crippen molar-refractivity contribution in [1.29, 1.82) is 0 Å². The van der Waals surface area contributed by atoms with Crippen LogP contribution in [-0.4, -0.2) is 25.2 Å².